The minimum absolute atomic E-state index is 0.161. The van der Waals surface area contributed by atoms with Crippen molar-refractivity contribution in [3.63, 3.8) is 0 Å². The van der Waals surface area contributed by atoms with Crippen molar-refractivity contribution in [1.29, 1.82) is 0 Å². The van der Waals surface area contributed by atoms with Gasteiger partial charge in [0.2, 0.25) is 5.91 Å². The van der Waals surface area contributed by atoms with Gasteiger partial charge in [0.25, 0.3) is 0 Å². The third-order valence-corrected chi connectivity index (χ3v) is 10.1. The van der Waals surface area contributed by atoms with Crippen LogP contribution in [-0.4, -0.2) is 87.5 Å². The van der Waals surface area contributed by atoms with Crippen molar-refractivity contribution in [3.05, 3.63) is 109 Å². The molecular weight excluding hydrogens is 755 g/mol. The fourth-order valence-corrected chi connectivity index (χ4v) is 6.44. The molecule has 1 saturated heterocycles. The Bertz CT molecular complexity index is 1300. The van der Waals surface area contributed by atoms with Crippen molar-refractivity contribution in [2.45, 2.75) is 192 Å². The topological polar surface area (TPSA) is 149 Å². The van der Waals surface area contributed by atoms with Crippen LogP contribution in [0.5, 0.6) is 0 Å². The standard InChI is InChI=1S/C51H83NO8/c1-3-5-7-9-11-12-13-14-15-16-17-18-19-20-21-22-23-24-25-26-27-28-29-30-31-32-33-34-35-37-39-41-47(55)52-44(45(54)40-38-36-10-8-6-4-2)43-59-51-50(58)49(57)48(56)46(42-53)60-51/h5,7,11-12,14-15,17-18,20-21,23-24,26-27,29-30,32-33,44-46,48-51,53-54,56-58H,3-4,6,8-10,13,16,19,22,25,28,31,34-43H2,1-2H3,(H,52,55)/b7-5-,12-11-,15-14-,18-17-,21-20-,24-23-,27-26-,30-29-,33-32-. The number of ether oxygens (including phenoxy) is 2. The maximum atomic E-state index is 12.9. The zero-order valence-corrected chi connectivity index (χ0v) is 37.2. The number of carbonyl (C=O) groups is 1. The zero-order chi connectivity index (χ0) is 43.7. The van der Waals surface area contributed by atoms with Crippen molar-refractivity contribution in [3.8, 4) is 0 Å². The summed E-state index contributed by atoms with van der Waals surface area (Å²) in [4.78, 5) is 12.9. The Hall–Kier alpha value is -3.15. The third kappa shape index (κ3) is 30.0. The van der Waals surface area contributed by atoms with E-state index in [-0.39, 0.29) is 12.5 Å². The van der Waals surface area contributed by atoms with E-state index >= 15 is 0 Å². The van der Waals surface area contributed by atoms with Gasteiger partial charge in [0.05, 0.1) is 25.4 Å². The van der Waals surface area contributed by atoms with Crippen molar-refractivity contribution in [1.82, 2.24) is 5.32 Å². The molecule has 1 amide bonds. The van der Waals surface area contributed by atoms with E-state index in [9.17, 15) is 30.3 Å². The fraction of sp³-hybridized carbons (Fsp3) is 0.627. The Labute approximate surface area is 364 Å². The van der Waals surface area contributed by atoms with E-state index in [4.69, 9.17) is 9.47 Å². The molecule has 1 aliphatic heterocycles. The summed E-state index contributed by atoms with van der Waals surface area (Å²) in [5, 5.41) is 53.9. The van der Waals surface area contributed by atoms with E-state index in [0.29, 0.717) is 12.8 Å². The van der Waals surface area contributed by atoms with Crippen molar-refractivity contribution in [2.75, 3.05) is 13.2 Å². The molecule has 0 aromatic carbocycles. The van der Waals surface area contributed by atoms with Crippen molar-refractivity contribution < 1.29 is 39.8 Å². The number of allylic oxidation sites excluding steroid dienone is 18. The highest BCUT2D eigenvalue weighted by Gasteiger charge is 2.44. The van der Waals surface area contributed by atoms with Gasteiger partial charge < -0.3 is 40.3 Å². The number of hydrogen-bond acceptors (Lipinski definition) is 8. The van der Waals surface area contributed by atoms with Crippen LogP contribution in [0, 0.1) is 0 Å². The van der Waals surface area contributed by atoms with Gasteiger partial charge in [0.15, 0.2) is 6.29 Å². The molecule has 9 heteroatoms. The first-order valence-corrected chi connectivity index (χ1v) is 23.1. The van der Waals surface area contributed by atoms with Gasteiger partial charge in [-0.3, -0.25) is 4.79 Å². The summed E-state index contributed by atoms with van der Waals surface area (Å²) in [5.41, 5.74) is 0. The molecule has 60 heavy (non-hydrogen) atoms. The second-order valence-corrected chi connectivity index (χ2v) is 15.5. The lowest BCUT2D eigenvalue weighted by Gasteiger charge is -2.40. The lowest BCUT2D eigenvalue weighted by Crippen LogP contribution is -2.60. The molecule has 0 bridgehead atoms. The second kappa shape index (κ2) is 40.0. The molecule has 0 aromatic rings. The molecule has 0 saturated carbocycles. The average Bonchev–Trinajstić information content (AvgIpc) is 3.25. The predicted octanol–water partition coefficient (Wildman–Crippen LogP) is 9.89. The number of aliphatic hydroxyl groups is 5. The maximum absolute atomic E-state index is 12.9. The molecular formula is C51H83NO8. The zero-order valence-electron chi connectivity index (χ0n) is 37.2. The van der Waals surface area contributed by atoms with Gasteiger partial charge in [-0.15, -0.1) is 0 Å². The summed E-state index contributed by atoms with van der Waals surface area (Å²) in [6.45, 7) is 3.59. The van der Waals surface area contributed by atoms with Gasteiger partial charge in [-0.05, 0) is 83.5 Å². The van der Waals surface area contributed by atoms with Crippen molar-refractivity contribution >= 4 is 5.91 Å². The van der Waals surface area contributed by atoms with Crippen LogP contribution in [0.1, 0.15) is 149 Å². The summed E-state index contributed by atoms with van der Waals surface area (Å²) in [5.74, 6) is -0.188. The largest absolute Gasteiger partial charge is 0.394 e. The van der Waals surface area contributed by atoms with E-state index in [2.05, 4.69) is 129 Å². The number of carbonyl (C=O) groups excluding carboxylic acids is 1. The summed E-state index contributed by atoms with van der Waals surface area (Å²) in [6.07, 6.45) is 51.4. The minimum atomic E-state index is -1.56. The SMILES string of the molecule is CC/C=C\C/C=C\C/C=C\C/C=C\C/C=C\C/C=C\C/C=C\C/C=C\C/C=C\CCCCCC(=O)NC(COC1OC(CO)C(O)C(O)C1O)C(O)CCCCCCCC. The summed E-state index contributed by atoms with van der Waals surface area (Å²) >= 11 is 0. The Morgan fingerprint density at radius 2 is 1.03 bits per heavy atom. The molecule has 0 radical (unpaired) electrons. The van der Waals surface area contributed by atoms with Crippen LogP contribution in [0.4, 0.5) is 0 Å². The number of rotatable bonds is 36. The summed E-state index contributed by atoms with van der Waals surface area (Å²) in [6, 6.07) is -0.741. The Morgan fingerprint density at radius 1 is 0.583 bits per heavy atom. The highest BCUT2D eigenvalue weighted by molar-refractivity contribution is 5.76. The minimum Gasteiger partial charge on any atom is -0.394 e. The number of amides is 1. The van der Waals surface area contributed by atoms with Crippen LogP contribution in [-0.2, 0) is 14.3 Å². The molecule has 9 nitrogen and oxygen atoms in total. The highest BCUT2D eigenvalue weighted by Crippen LogP contribution is 2.23. The van der Waals surface area contributed by atoms with Gasteiger partial charge in [0, 0.05) is 6.42 Å². The average molecular weight is 838 g/mol. The summed E-state index contributed by atoms with van der Waals surface area (Å²) in [7, 11) is 0. The van der Waals surface area contributed by atoms with Crippen LogP contribution in [0.25, 0.3) is 0 Å². The van der Waals surface area contributed by atoms with Gasteiger partial charge in [-0.2, -0.15) is 0 Å². The molecule has 0 aliphatic carbocycles. The van der Waals surface area contributed by atoms with Crippen LogP contribution in [0.3, 0.4) is 0 Å². The fourth-order valence-electron chi connectivity index (χ4n) is 6.44. The smallest absolute Gasteiger partial charge is 0.220 e. The molecule has 1 heterocycles. The first-order valence-electron chi connectivity index (χ1n) is 23.1. The lowest BCUT2D eigenvalue weighted by molar-refractivity contribution is -0.302. The molecule has 7 unspecified atom stereocenters. The number of nitrogens with one attached hydrogen (secondary N) is 1. The van der Waals surface area contributed by atoms with Crippen molar-refractivity contribution in [2.24, 2.45) is 0 Å². The summed E-state index contributed by atoms with van der Waals surface area (Å²) < 4.78 is 11.2. The molecule has 1 aliphatic rings. The van der Waals surface area contributed by atoms with Crippen LogP contribution >= 0.6 is 0 Å². The molecule has 1 rings (SSSR count). The molecule has 340 valence electrons. The van der Waals surface area contributed by atoms with E-state index in [1.807, 2.05) is 0 Å². The lowest BCUT2D eigenvalue weighted by atomic mass is 9.99. The van der Waals surface area contributed by atoms with Crippen LogP contribution in [0.15, 0.2) is 109 Å². The Morgan fingerprint density at radius 3 is 1.52 bits per heavy atom. The molecule has 0 spiro atoms. The Kier molecular flexibility index (Phi) is 36.5. The van der Waals surface area contributed by atoms with E-state index in [0.717, 1.165) is 116 Å². The van der Waals surface area contributed by atoms with Gasteiger partial charge in [-0.1, -0.05) is 168 Å². The van der Waals surface area contributed by atoms with Crippen LogP contribution in [0.2, 0.25) is 0 Å². The monoisotopic (exact) mass is 838 g/mol. The number of hydrogen-bond donors (Lipinski definition) is 6. The van der Waals surface area contributed by atoms with E-state index in [1.165, 1.54) is 6.42 Å². The quantitative estimate of drug-likeness (QED) is 0.0270. The maximum Gasteiger partial charge on any atom is 0.220 e. The van der Waals surface area contributed by atoms with Gasteiger partial charge in [-0.25, -0.2) is 0 Å². The first kappa shape index (κ1) is 54.9. The van der Waals surface area contributed by atoms with Gasteiger partial charge >= 0.3 is 0 Å². The highest BCUT2D eigenvalue weighted by atomic mass is 16.7. The van der Waals surface area contributed by atoms with Gasteiger partial charge in [0.1, 0.15) is 24.4 Å². The first-order chi connectivity index (χ1) is 29.3. The van der Waals surface area contributed by atoms with E-state index < -0.39 is 49.5 Å². The predicted molar refractivity (Wildman–Crippen MR) is 248 cm³/mol. The molecule has 7 atom stereocenters. The molecule has 6 N–H and O–H groups in total. The van der Waals surface area contributed by atoms with E-state index in [1.54, 1.807) is 0 Å². The molecule has 1 fully saturated rings. The molecule has 0 aromatic heterocycles. The van der Waals surface area contributed by atoms with Crippen LogP contribution < -0.4 is 5.32 Å². The number of aliphatic hydroxyl groups excluding tert-OH is 5. The number of unbranched alkanes of at least 4 members (excludes halogenated alkanes) is 8. The second-order valence-electron chi connectivity index (χ2n) is 15.5. The Balaban J connectivity index is 2.21. The normalized spacial score (nSPS) is 21.6. The third-order valence-electron chi connectivity index (χ3n) is 10.1.